The third-order valence-electron chi connectivity index (χ3n) is 7.03. The van der Waals surface area contributed by atoms with E-state index in [1.54, 1.807) is 30.5 Å². The summed E-state index contributed by atoms with van der Waals surface area (Å²) in [5.41, 5.74) is 0.414. The average molecular weight is 472 g/mol. The summed E-state index contributed by atoms with van der Waals surface area (Å²) in [7, 11) is 1.45. The van der Waals surface area contributed by atoms with Crippen LogP contribution in [0.5, 0.6) is 6.01 Å². The second kappa shape index (κ2) is 8.14. The smallest absolute Gasteiger partial charge is 0.318 e. The summed E-state index contributed by atoms with van der Waals surface area (Å²) in [6.45, 7) is 2.18. The van der Waals surface area contributed by atoms with Gasteiger partial charge in [-0.2, -0.15) is 9.97 Å². The van der Waals surface area contributed by atoms with Crippen LogP contribution in [0.25, 0.3) is 32.9 Å². The van der Waals surface area contributed by atoms with Crippen molar-refractivity contribution < 1.29 is 18.3 Å². The second-order valence-corrected chi connectivity index (χ2v) is 8.99. The first-order valence-electron chi connectivity index (χ1n) is 11.5. The molecular formula is C27H22F2N4O2. The summed E-state index contributed by atoms with van der Waals surface area (Å²) in [4.78, 5) is 15.4. The molecule has 6 rings (SSSR count). The number of terminal acetylenes is 1. The minimum absolute atomic E-state index is 0.0364. The lowest BCUT2D eigenvalue weighted by atomic mass is 9.86. The molecule has 8 heteroatoms. The van der Waals surface area contributed by atoms with Gasteiger partial charge in [-0.15, -0.1) is 6.42 Å². The van der Waals surface area contributed by atoms with Crippen LogP contribution in [0.1, 0.15) is 24.8 Å². The molecule has 1 spiro atoms. The minimum atomic E-state index is -0.643. The normalized spacial score (nSPS) is 19.7. The number of anilines is 1. The highest BCUT2D eigenvalue weighted by Crippen LogP contribution is 2.40. The van der Waals surface area contributed by atoms with Crippen LogP contribution in [-0.2, 0) is 4.74 Å². The van der Waals surface area contributed by atoms with Gasteiger partial charge in [-0.1, -0.05) is 30.2 Å². The molecule has 2 aromatic heterocycles. The number of methoxy groups -OCH3 is 1. The number of piperidine rings is 1. The van der Waals surface area contributed by atoms with Crippen molar-refractivity contribution in [2.45, 2.75) is 24.9 Å². The Labute approximate surface area is 200 Å². The Morgan fingerprint density at radius 1 is 1.17 bits per heavy atom. The molecule has 1 atom stereocenters. The lowest BCUT2D eigenvalue weighted by Crippen LogP contribution is -2.56. The summed E-state index contributed by atoms with van der Waals surface area (Å²) < 4.78 is 41.9. The van der Waals surface area contributed by atoms with Crippen molar-refractivity contribution in [2.75, 3.05) is 31.7 Å². The number of halogens is 2. The number of hydrogen-bond donors (Lipinski definition) is 0. The summed E-state index contributed by atoms with van der Waals surface area (Å²) in [6, 6.07) is 8.24. The fourth-order valence-corrected chi connectivity index (χ4v) is 5.23. The van der Waals surface area contributed by atoms with E-state index in [0.29, 0.717) is 34.1 Å². The Bertz CT molecular complexity index is 1530. The van der Waals surface area contributed by atoms with E-state index in [1.165, 1.54) is 13.2 Å². The van der Waals surface area contributed by atoms with Crippen molar-refractivity contribution in [2.24, 2.45) is 0 Å². The molecule has 2 fully saturated rings. The fourth-order valence-electron chi connectivity index (χ4n) is 5.23. The predicted octanol–water partition coefficient (Wildman–Crippen LogP) is 4.87. The van der Waals surface area contributed by atoms with E-state index in [4.69, 9.17) is 15.9 Å². The van der Waals surface area contributed by atoms with Crippen molar-refractivity contribution in [1.82, 2.24) is 15.0 Å². The molecule has 0 saturated carbocycles. The third-order valence-corrected chi connectivity index (χ3v) is 7.03. The molecule has 0 bridgehead atoms. The molecule has 4 aromatic rings. The largest absolute Gasteiger partial charge is 0.467 e. The molecule has 0 N–H and O–H groups in total. The van der Waals surface area contributed by atoms with Crippen LogP contribution in [0.4, 0.5) is 14.6 Å². The Kier molecular flexibility index (Phi) is 5.04. The maximum absolute atomic E-state index is 16.1. The van der Waals surface area contributed by atoms with Gasteiger partial charge in [0.25, 0.3) is 0 Å². The predicted molar refractivity (Wildman–Crippen MR) is 129 cm³/mol. The quantitative estimate of drug-likeness (QED) is 0.397. The first-order valence-corrected chi connectivity index (χ1v) is 11.5. The van der Waals surface area contributed by atoms with E-state index in [0.717, 1.165) is 32.4 Å². The van der Waals surface area contributed by atoms with E-state index in [2.05, 4.69) is 25.8 Å². The van der Waals surface area contributed by atoms with E-state index in [9.17, 15) is 4.39 Å². The maximum atomic E-state index is 16.1. The molecule has 2 aliphatic heterocycles. The van der Waals surface area contributed by atoms with Gasteiger partial charge in [-0.25, -0.2) is 8.78 Å². The monoisotopic (exact) mass is 472 g/mol. The van der Waals surface area contributed by atoms with Crippen molar-refractivity contribution >= 4 is 27.5 Å². The molecule has 0 aliphatic carbocycles. The van der Waals surface area contributed by atoms with E-state index >= 15 is 4.39 Å². The first-order chi connectivity index (χ1) is 17.0. The van der Waals surface area contributed by atoms with Gasteiger partial charge >= 0.3 is 6.01 Å². The zero-order chi connectivity index (χ0) is 24.2. The second-order valence-electron chi connectivity index (χ2n) is 8.99. The Morgan fingerprint density at radius 3 is 2.77 bits per heavy atom. The van der Waals surface area contributed by atoms with Crippen LogP contribution < -0.4 is 9.64 Å². The van der Waals surface area contributed by atoms with Crippen molar-refractivity contribution in [3.63, 3.8) is 0 Å². The van der Waals surface area contributed by atoms with Crippen LogP contribution in [0.15, 0.2) is 36.5 Å². The van der Waals surface area contributed by atoms with Crippen molar-refractivity contribution in [3.8, 4) is 29.6 Å². The first kappa shape index (κ1) is 21.7. The zero-order valence-corrected chi connectivity index (χ0v) is 19.1. The molecule has 35 heavy (non-hydrogen) atoms. The van der Waals surface area contributed by atoms with Crippen LogP contribution in [-0.4, -0.2) is 47.4 Å². The van der Waals surface area contributed by atoms with Crippen LogP contribution >= 0.6 is 0 Å². The molecule has 0 amide bonds. The lowest BCUT2D eigenvalue weighted by molar-refractivity contribution is -0.151. The molecule has 4 heterocycles. The number of hydrogen-bond acceptors (Lipinski definition) is 6. The minimum Gasteiger partial charge on any atom is -0.467 e. The van der Waals surface area contributed by atoms with Crippen LogP contribution in [0, 0.1) is 24.0 Å². The van der Waals surface area contributed by atoms with Gasteiger partial charge in [0.1, 0.15) is 22.8 Å². The summed E-state index contributed by atoms with van der Waals surface area (Å²) in [6.07, 6.45) is 10.1. The molecule has 6 nitrogen and oxygen atoms in total. The van der Waals surface area contributed by atoms with Gasteiger partial charge in [0, 0.05) is 36.7 Å². The summed E-state index contributed by atoms with van der Waals surface area (Å²) >= 11 is 0. The number of fused-ring (bicyclic) bond motifs is 2. The molecule has 2 saturated heterocycles. The summed E-state index contributed by atoms with van der Waals surface area (Å²) in [5, 5.41) is 1.60. The Morgan fingerprint density at radius 2 is 2.03 bits per heavy atom. The zero-order valence-electron chi connectivity index (χ0n) is 19.1. The third kappa shape index (κ3) is 3.38. The highest BCUT2D eigenvalue weighted by atomic mass is 19.1. The van der Waals surface area contributed by atoms with Crippen LogP contribution in [0.3, 0.4) is 0 Å². The van der Waals surface area contributed by atoms with Crippen LogP contribution in [0.2, 0.25) is 0 Å². The summed E-state index contributed by atoms with van der Waals surface area (Å²) in [5.74, 6) is 1.78. The van der Waals surface area contributed by atoms with Crippen molar-refractivity contribution in [1.29, 1.82) is 0 Å². The number of nitrogens with zero attached hydrogens (tertiary/aromatic N) is 4. The van der Waals surface area contributed by atoms with E-state index in [1.807, 2.05) is 0 Å². The van der Waals surface area contributed by atoms with Gasteiger partial charge < -0.3 is 14.4 Å². The number of rotatable bonds is 3. The Balaban J connectivity index is 1.56. The SMILES string of the molecule is C#Cc1c(F)ccc2cccc(-c3ncc4c(N5CCCC6(CCO6)C5)nc(OC)nc4c3F)c12. The molecule has 2 aliphatic rings. The van der Waals surface area contributed by atoms with Gasteiger partial charge in [0.2, 0.25) is 0 Å². The van der Waals surface area contributed by atoms with Gasteiger partial charge in [0.05, 0.1) is 30.3 Å². The average Bonchev–Trinajstić information content (AvgIpc) is 2.87. The van der Waals surface area contributed by atoms with Gasteiger partial charge in [-0.3, -0.25) is 4.98 Å². The van der Waals surface area contributed by atoms with E-state index in [-0.39, 0.29) is 28.4 Å². The molecule has 2 aromatic carbocycles. The number of pyridine rings is 1. The van der Waals surface area contributed by atoms with Gasteiger partial charge in [-0.05, 0) is 24.3 Å². The van der Waals surface area contributed by atoms with Gasteiger partial charge in [0.15, 0.2) is 5.82 Å². The Hall–Kier alpha value is -3.83. The topological polar surface area (TPSA) is 60.4 Å². The lowest BCUT2D eigenvalue weighted by Gasteiger charge is -2.48. The molecule has 176 valence electrons. The fraction of sp³-hybridized carbons (Fsp3) is 0.296. The number of benzene rings is 2. The highest BCUT2D eigenvalue weighted by Gasteiger charge is 2.43. The molecule has 1 unspecified atom stereocenters. The highest BCUT2D eigenvalue weighted by molar-refractivity contribution is 6.02. The number of ether oxygens (including phenoxy) is 2. The molecule has 0 radical (unpaired) electrons. The number of aromatic nitrogens is 3. The van der Waals surface area contributed by atoms with Crippen molar-refractivity contribution in [3.05, 3.63) is 53.7 Å². The standard InChI is InChI=1S/C27H22F2N4O2/c1-3-17-20(28)9-8-16-6-4-7-18(21(16)17)23-22(29)24-19(14-30-23)25(32-26(31-24)34-2)33-12-5-10-27(15-33)11-13-35-27/h1,4,6-9,14H,5,10-13,15H2,2H3. The molecular weight excluding hydrogens is 450 g/mol. The maximum Gasteiger partial charge on any atom is 0.318 e. The van der Waals surface area contributed by atoms with E-state index < -0.39 is 11.6 Å².